The minimum Gasteiger partial charge on any atom is -0.375 e. The summed E-state index contributed by atoms with van der Waals surface area (Å²) in [5.74, 6) is -2.17. The fraction of sp³-hybridized carbons (Fsp3) is 1.00. The number of rotatable bonds is 8. The molecule has 1 aliphatic carbocycles. The highest BCUT2D eigenvalue weighted by molar-refractivity contribution is 4.74. The van der Waals surface area contributed by atoms with E-state index in [9.17, 15) is 8.78 Å². The molecular weight excluding hydrogens is 188 g/mol. The lowest BCUT2D eigenvalue weighted by molar-refractivity contribution is -0.0764. The van der Waals surface area contributed by atoms with Gasteiger partial charge in [0.15, 0.2) is 0 Å². The minimum atomic E-state index is -2.72. The Labute approximate surface area is 84.0 Å². The monoisotopic (exact) mass is 207 g/mol. The first-order valence-electron chi connectivity index (χ1n) is 5.30. The molecule has 4 heteroatoms. The van der Waals surface area contributed by atoms with Crippen LogP contribution in [-0.2, 0) is 4.74 Å². The van der Waals surface area contributed by atoms with Crippen LogP contribution in [0.2, 0.25) is 0 Å². The molecule has 1 saturated carbocycles. The van der Waals surface area contributed by atoms with Gasteiger partial charge in [-0.3, -0.25) is 0 Å². The fourth-order valence-electron chi connectivity index (χ4n) is 1.16. The van der Waals surface area contributed by atoms with Crippen LogP contribution in [0.3, 0.4) is 0 Å². The van der Waals surface area contributed by atoms with Gasteiger partial charge in [0.1, 0.15) is 6.61 Å². The van der Waals surface area contributed by atoms with Crippen molar-refractivity contribution in [2.75, 3.05) is 26.3 Å². The van der Waals surface area contributed by atoms with Crippen LogP contribution in [0.1, 0.15) is 26.2 Å². The molecule has 0 spiro atoms. The molecule has 1 N–H and O–H groups in total. The zero-order chi connectivity index (χ0) is 10.4. The molecule has 1 aliphatic rings. The molecule has 0 unspecified atom stereocenters. The lowest BCUT2D eigenvalue weighted by atomic mass is 10.3. The number of hydrogen-bond acceptors (Lipinski definition) is 2. The van der Waals surface area contributed by atoms with Crippen molar-refractivity contribution in [1.29, 1.82) is 0 Å². The third kappa shape index (κ3) is 5.50. The van der Waals surface area contributed by atoms with Crippen LogP contribution in [0, 0.1) is 5.92 Å². The second kappa shape index (κ2) is 5.61. The van der Waals surface area contributed by atoms with E-state index >= 15 is 0 Å². The molecule has 2 nitrogen and oxygen atoms in total. The van der Waals surface area contributed by atoms with Crippen molar-refractivity contribution in [1.82, 2.24) is 5.32 Å². The zero-order valence-electron chi connectivity index (χ0n) is 8.69. The Morgan fingerprint density at radius 2 is 2.14 bits per heavy atom. The Bertz CT molecular complexity index is 160. The quantitative estimate of drug-likeness (QED) is 0.615. The highest BCUT2D eigenvalue weighted by Crippen LogP contribution is 2.29. The van der Waals surface area contributed by atoms with Crippen molar-refractivity contribution in [2.24, 2.45) is 5.92 Å². The van der Waals surface area contributed by atoms with E-state index in [1.807, 2.05) is 6.92 Å². The van der Waals surface area contributed by atoms with E-state index in [1.54, 1.807) is 0 Å². The van der Waals surface area contributed by atoms with E-state index < -0.39 is 12.5 Å². The van der Waals surface area contributed by atoms with Gasteiger partial charge in [-0.15, -0.1) is 0 Å². The van der Waals surface area contributed by atoms with Crippen LogP contribution in [0.4, 0.5) is 8.78 Å². The van der Waals surface area contributed by atoms with Crippen molar-refractivity contribution in [3.05, 3.63) is 0 Å². The van der Waals surface area contributed by atoms with Gasteiger partial charge in [-0.05, 0) is 31.7 Å². The Balaban J connectivity index is 1.99. The molecule has 0 bridgehead atoms. The van der Waals surface area contributed by atoms with Crippen molar-refractivity contribution in [3.63, 3.8) is 0 Å². The van der Waals surface area contributed by atoms with Crippen molar-refractivity contribution >= 4 is 0 Å². The predicted octanol–water partition coefficient (Wildman–Crippen LogP) is 2.05. The highest BCUT2D eigenvalue weighted by Gasteiger charge is 2.30. The molecule has 0 aromatic rings. The minimum absolute atomic E-state index is 0.272. The maximum absolute atomic E-state index is 13.0. The molecule has 0 atom stereocenters. The molecule has 0 heterocycles. The topological polar surface area (TPSA) is 21.3 Å². The molecule has 0 amide bonds. The van der Waals surface area contributed by atoms with Crippen molar-refractivity contribution in [2.45, 2.75) is 32.1 Å². The Hall–Kier alpha value is -0.220. The van der Waals surface area contributed by atoms with E-state index in [0.717, 1.165) is 19.3 Å². The number of ether oxygens (including phenoxy) is 1. The zero-order valence-corrected chi connectivity index (χ0v) is 8.69. The van der Waals surface area contributed by atoms with Crippen molar-refractivity contribution in [3.8, 4) is 0 Å². The number of nitrogens with one attached hydrogen (secondary N) is 1. The summed E-state index contributed by atoms with van der Waals surface area (Å²) in [5, 5.41) is 2.70. The highest BCUT2D eigenvalue weighted by atomic mass is 19.3. The van der Waals surface area contributed by atoms with E-state index in [2.05, 4.69) is 5.32 Å². The van der Waals surface area contributed by atoms with Crippen LogP contribution < -0.4 is 5.32 Å². The standard InChI is InChI=1S/C10H19F2NO/c1-2-5-13-7-10(11,12)8-14-6-9-3-4-9/h9,13H,2-8H2,1H3. The largest absolute Gasteiger partial charge is 0.375 e. The fourth-order valence-corrected chi connectivity index (χ4v) is 1.16. The SMILES string of the molecule is CCCNCC(F)(F)COCC1CC1. The molecule has 1 rings (SSSR count). The molecule has 0 aliphatic heterocycles. The van der Waals surface area contributed by atoms with Gasteiger partial charge in [0.05, 0.1) is 6.54 Å². The smallest absolute Gasteiger partial charge is 0.283 e. The summed E-state index contributed by atoms with van der Waals surface area (Å²) in [7, 11) is 0. The summed E-state index contributed by atoms with van der Waals surface area (Å²) >= 11 is 0. The molecule has 84 valence electrons. The van der Waals surface area contributed by atoms with Gasteiger partial charge in [0.2, 0.25) is 0 Å². The lowest BCUT2D eigenvalue weighted by Crippen LogP contribution is -2.37. The summed E-state index contributed by atoms with van der Waals surface area (Å²) < 4.78 is 31.0. The molecule has 0 radical (unpaired) electrons. The number of alkyl halides is 2. The number of hydrogen-bond donors (Lipinski definition) is 1. The van der Waals surface area contributed by atoms with E-state index in [-0.39, 0.29) is 6.54 Å². The molecule has 0 aromatic heterocycles. The maximum Gasteiger partial charge on any atom is 0.283 e. The summed E-state index contributed by atoms with van der Waals surface area (Å²) in [6.45, 7) is 2.38. The van der Waals surface area contributed by atoms with E-state index in [4.69, 9.17) is 4.74 Å². The first-order valence-corrected chi connectivity index (χ1v) is 5.30. The van der Waals surface area contributed by atoms with Gasteiger partial charge in [-0.1, -0.05) is 6.92 Å². The van der Waals surface area contributed by atoms with E-state index in [0.29, 0.717) is 19.1 Å². The van der Waals surface area contributed by atoms with Crippen LogP contribution in [0.5, 0.6) is 0 Å². The lowest BCUT2D eigenvalue weighted by Gasteiger charge is -2.16. The summed E-state index contributed by atoms with van der Waals surface area (Å²) in [6.07, 6.45) is 3.15. The average molecular weight is 207 g/mol. The average Bonchev–Trinajstić information content (AvgIpc) is 2.88. The molecule has 1 fully saturated rings. The van der Waals surface area contributed by atoms with Crippen LogP contribution in [0.15, 0.2) is 0 Å². The third-order valence-corrected chi connectivity index (χ3v) is 2.17. The van der Waals surface area contributed by atoms with Crippen LogP contribution >= 0.6 is 0 Å². The summed E-state index contributed by atoms with van der Waals surface area (Å²) in [4.78, 5) is 0. The van der Waals surface area contributed by atoms with Gasteiger partial charge >= 0.3 is 0 Å². The van der Waals surface area contributed by atoms with E-state index in [1.165, 1.54) is 0 Å². The molecular formula is C10H19F2NO. The van der Waals surface area contributed by atoms with Gasteiger partial charge in [-0.25, -0.2) is 8.78 Å². The maximum atomic E-state index is 13.0. The van der Waals surface area contributed by atoms with Crippen LogP contribution in [0.25, 0.3) is 0 Å². The van der Waals surface area contributed by atoms with Gasteiger partial charge in [0.25, 0.3) is 5.92 Å². The second-order valence-electron chi connectivity index (χ2n) is 3.99. The van der Waals surface area contributed by atoms with Gasteiger partial charge in [0, 0.05) is 6.61 Å². The Kier molecular flexibility index (Phi) is 4.75. The predicted molar refractivity (Wildman–Crippen MR) is 51.7 cm³/mol. The van der Waals surface area contributed by atoms with Gasteiger partial charge in [-0.2, -0.15) is 0 Å². The Morgan fingerprint density at radius 3 is 2.71 bits per heavy atom. The van der Waals surface area contributed by atoms with Crippen molar-refractivity contribution < 1.29 is 13.5 Å². The van der Waals surface area contributed by atoms with Crippen LogP contribution in [-0.4, -0.2) is 32.2 Å². The molecule has 14 heavy (non-hydrogen) atoms. The number of halogens is 2. The summed E-state index contributed by atoms with van der Waals surface area (Å²) in [6, 6.07) is 0. The second-order valence-corrected chi connectivity index (χ2v) is 3.99. The first kappa shape index (κ1) is 11.9. The molecule has 0 aromatic carbocycles. The first-order chi connectivity index (χ1) is 6.64. The summed E-state index contributed by atoms with van der Waals surface area (Å²) in [5.41, 5.74) is 0. The third-order valence-electron chi connectivity index (χ3n) is 2.17. The Morgan fingerprint density at radius 1 is 1.43 bits per heavy atom. The molecule has 0 saturated heterocycles. The van der Waals surface area contributed by atoms with Gasteiger partial charge < -0.3 is 10.1 Å². The normalized spacial score (nSPS) is 17.4.